The summed E-state index contributed by atoms with van der Waals surface area (Å²) in [5.74, 6) is 0.0436. The molecule has 2 rings (SSSR count). The van der Waals surface area contributed by atoms with Crippen LogP contribution in [-0.4, -0.2) is 41.7 Å². The molecule has 1 atom stereocenters. The van der Waals surface area contributed by atoms with E-state index in [0.717, 1.165) is 37.9 Å². The largest absolute Gasteiger partial charge is 0.396 e. The van der Waals surface area contributed by atoms with Crippen LogP contribution in [0.1, 0.15) is 25.7 Å². The van der Waals surface area contributed by atoms with Gasteiger partial charge >= 0.3 is 0 Å². The van der Waals surface area contributed by atoms with Gasteiger partial charge in [0.2, 0.25) is 5.91 Å². The third-order valence-electron chi connectivity index (χ3n) is 3.60. The summed E-state index contributed by atoms with van der Waals surface area (Å²) in [6, 6.07) is 10.00. The molecular weight excluding hydrogens is 240 g/mol. The molecule has 1 unspecified atom stereocenters. The van der Waals surface area contributed by atoms with E-state index in [0.29, 0.717) is 12.6 Å². The van der Waals surface area contributed by atoms with Gasteiger partial charge in [0.05, 0.1) is 6.54 Å². The predicted octanol–water partition coefficient (Wildman–Crippen LogP) is 1.86. The number of likely N-dealkylation sites (tertiary alicyclic amines) is 1. The van der Waals surface area contributed by atoms with Gasteiger partial charge < -0.3 is 10.4 Å². The van der Waals surface area contributed by atoms with Crippen LogP contribution in [0.25, 0.3) is 0 Å². The van der Waals surface area contributed by atoms with Crippen LogP contribution in [-0.2, 0) is 4.79 Å². The highest BCUT2D eigenvalue weighted by molar-refractivity contribution is 5.92. The van der Waals surface area contributed by atoms with Gasteiger partial charge in [-0.25, -0.2) is 0 Å². The standard InChI is InChI=1S/C15H22N2O2/c18-11-5-9-14-8-4-10-17(14)12-15(19)16-13-6-2-1-3-7-13/h1-3,6-7,14,18H,4-5,8-12H2,(H,16,19). The van der Waals surface area contributed by atoms with Crippen molar-refractivity contribution in [2.24, 2.45) is 0 Å². The number of benzene rings is 1. The summed E-state index contributed by atoms with van der Waals surface area (Å²) >= 11 is 0. The zero-order valence-electron chi connectivity index (χ0n) is 11.2. The first-order valence-electron chi connectivity index (χ1n) is 6.99. The van der Waals surface area contributed by atoms with Gasteiger partial charge in [0.15, 0.2) is 0 Å². The third-order valence-corrected chi connectivity index (χ3v) is 3.60. The molecule has 0 aromatic heterocycles. The Kier molecular flexibility index (Phi) is 5.36. The maximum Gasteiger partial charge on any atom is 0.238 e. The number of nitrogens with zero attached hydrogens (tertiary/aromatic N) is 1. The Hall–Kier alpha value is -1.39. The summed E-state index contributed by atoms with van der Waals surface area (Å²) in [6.07, 6.45) is 4.09. The Labute approximate surface area is 114 Å². The van der Waals surface area contributed by atoms with Crippen molar-refractivity contribution in [3.63, 3.8) is 0 Å². The second kappa shape index (κ2) is 7.26. The van der Waals surface area contributed by atoms with E-state index < -0.39 is 0 Å². The van der Waals surface area contributed by atoms with Gasteiger partial charge in [-0.15, -0.1) is 0 Å². The maximum atomic E-state index is 12.0. The van der Waals surface area contributed by atoms with E-state index in [2.05, 4.69) is 10.2 Å². The summed E-state index contributed by atoms with van der Waals surface area (Å²) < 4.78 is 0. The van der Waals surface area contributed by atoms with E-state index >= 15 is 0 Å². The minimum atomic E-state index is 0.0436. The van der Waals surface area contributed by atoms with Crippen molar-refractivity contribution in [1.29, 1.82) is 0 Å². The Morgan fingerprint density at radius 1 is 1.37 bits per heavy atom. The van der Waals surface area contributed by atoms with Crippen LogP contribution in [0, 0.1) is 0 Å². The molecule has 104 valence electrons. The molecular formula is C15H22N2O2. The fourth-order valence-electron chi connectivity index (χ4n) is 2.66. The van der Waals surface area contributed by atoms with Crippen LogP contribution in [0.5, 0.6) is 0 Å². The number of aliphatic hydroxyl groups excluding tert-OH is 1. The molecule has 1 aromatic carbocycles. The van der Waals surface area contributed by atoms with Gasteiger partial charge in [0, 0.05) is 18.3 Å². The van der Waals surface area contributed by atoms with Crippen LogP contribution in [0.15, 0.2) is 30.3 Å². The Balaban J connectivity index is 1.81. The first-order valence-corrected chi connectivity index (χ1v) is 6.99. The molecule has 19 heavy (non-hydrogen) atoms. The number of anilines is 1. The second-order valence-corrected chi connectivity index (χ2v) is 5.05. The molecule has 0 saturated carbocycles. The van der Waals surface area contributed by atoms with Crippen LogP contribution in [0.3, 0.4) is 0 Å². The minimum Gasteiger partial charge on any atom is -0.396 e. The molecule has 1 aliphatic heterocycles. The molecule has 4 nitrogen and oxygen atoms in total. The molecule has 0 bridgehead atoms. The summed E-state index contributed by atoms with van der Waals surface area (Å²) in [5.41, 5.74) is 0.846. The molecule has 1 aliphatic rings. The quantitative estimate of drug-likeness (QED) is 0.823. The summed E-state index contributed by atoms with van der Waals surface area (Å²) in [5, 5.41) is 11.8. The third kappa shape index (κ3) is 4.33. The lowest BCUT2D eigenvalue weighted by atomic mass is 10.1. The van der Waals surface area contributed by atoms with E-state index in [9.17, 15) is 4.79 Å². The highest BCUT2D eigenvalue weighted by atomic mass is 16.3. The summed E-state index contributed by atoms with van der Waals surface area (Å²) in [7, 11) is 0. The van der Waals surface area contributed by atoms with E-state index in [-0.39, 0.29) is 12.5 Å². The smallest absolute Gasteiger partial charge is 0.238 e. The molecule has 0 radical (unpaired) electrons. The van der Waals surface area contributed by atoms with Crippen molar-refractivity contribution >= 4 is 11.6 Å². The number of hydrogen-bond acceptors (Lipinski definition) is 3. The summed E-state index contributed by atoms with van der Waals surface area (Å²) in [6.45, 7) is 1.67. The van der Waals surface area contributed by atoms with Gasteiger partial charge in [-0.2, -0.15) is 0 Å². The van der Waals surface area contributed by atoms with Crippen LogP contribution in [0.2, 0.25) is 0 Å². The SMILES string of the molecule is O=C(CN1CCCC1CCCO)Nc1ccccc1. The van der Waals surface area contributed by atoms with Gasteiger partial charge in [0.1, 0.15) is 0 Å². The fraction of sp³-hybridized carbons (Fsp3) is 0.533. The van der Waals surface area contributed by atoms with Crippen LogP contribution in [0.4, 0.5) is 5.69 Å². The van der Waals surface area contributed by atoms with Gasteiger partial charge in [-0.05, 0) is 44.4 Å². The van der Waals surface area contributed by atoms with E-state index in [1.54, 1.807) is 0 Å². The highest BCUT2D eigenvalue weighted by Crippen LogP contribution is 2.21. The van der Waals surface area contributed by atoms with Crippen LogP contribution < -0.4 is 5.32 Å². The molecule has 1 fully saturated rings. The van der Waals surface area contributed by atoms with Gasteiger partial charge in [0.25, 0.3) is 0 Å². The average molecular weight is 262 g/mol. The van der Waals surface area contributed by atoms with Crippen molar-refractivity contribution in [3.8, 4) is 0 Å². The molecule has 0 aliphatic carbocycles. The zero-order valence-corrected chi connectivity index (χ0v) is 11.2. The monoisotopic (exact) mass is 262 g/mol. The number of aliphatic hydroxyl groups is 1. The lowest BCUT2D eigenvalue weighted by Crippen LogP contribution is -2.36. The molecule has 4 heteroatoms. The minimum absolute atomic E-state index is 0.0436. The second-order valence-electron chi connectivity index (χ2n) is 5.05. The fourth-order valence-corrected chi connectivity index (χ4v) is 2.66. The lowest BCUT2D eigenvalue weighted by molar-refractivity contribution is -0.117. The Bertz CT molecular complexity index is 394. The van der Waals surface area contributed by atoms with Crippen LogP contribution >= 0.6 is 0 Å². The number of para-hydroxylation sites is 1. The molecule has 1 amide bonds. The molecule has 1 aromatic rings. The summed E-state index contributed by atoms with van der Waals surface area (Å²) in [4.78, 5) is 14.2. The number of carbonyl (C=O) groups excluding carboxylic acids is 1. The number of carbonyl (C=O) groups is 1. The van der Waals surface area contributed by atoms with Gasteiger partial charge in [-0.3, -0.25) is 9.69 Å². The average Bonchev–Trinajstić information content (AvgIpc) is 2.84. The molecule has 1 heterocycles. The number of amides is 1. The van der Waals surface area contributed by atoms with Gasteiger partial charge in [-0.1, -0.05) is 18.2 Å². The Morgan fingerprint density at radius 2 is 2.16 bits per heavy atom. The van der Waals surface area contributed by atoms with Crippen molar-refractivity contribution in [2.45, 2.75) is 31.7 Å². The molecule has 0 spiro atoms. The molecule has 1 saturated heterocycles. The maximum absolute atomic E-state index is 12.0. The Morgan fingerprint density at radius 3 is 2.89 bits per heavy atom. The highest BCUT2D eigenvalue weighted by Gasteiger charge is 2.25. The first kappa shape index (κ1) is 14.0. The predicted molar refractivity (Wildman–Crippen MR) is 76.0 cm³/mol. The number of rotatable bonds is 6. The van der Waals surface area contributed by atoms with E-state index in [1.165, 1.54) is 0 Å². The zero-order chi connectivity index (χ0) is 13.5. The number of nitrogens with one attached hydrogen (secondary N) is 1. The lowest BCUT2D eigenvalue weighted by Gasteiger charge is -2.23. The molecule has 2 N–H and O–H groups in total. The van der Waals surface area contributed by atoms with Crippen molar-refractivity contribution in [2.75, 3.05) is 25.0 Å². The normalized spacial score (nSPS) is 19.5. The van der Waals surface area contributed by atoms with Crippen molar-refractivity contribution in [3.05, 3.63) is 30.3 Å². The van der Waals surface area contributed by atoms with Crippen molar-refractivity contribution in [1.82, 2.24) is 4.90 Å². The first-order chi connectivity index (χ1) is 9.29. The van der Waals surface area contributed by atoms with E-state index in [1.807, 2.05) is 30.3 Å². The van der Waals surface area contributed by atoms with E-state index in [4.69, 9.17) is 5.11 Å². The topological polar surface area (TPSA) is 52.6 Å². The van der Waals surface area contributed by atoms with Crippen molar-refractivity contribution < 1.29 is 9.90 Å². The number of hydrogen-bond donors (Lipinski definition) is 2.